The van der Waals surface area contributed by atoms with E-state index in [2.05, 4.69) is 10.3 Å². The van der Waals surface area contributed by atoms with E-state index in [4.69, 9.17) is 0 Å². The van der Waals surface area contributed by atoms with Gasteiger partial charge in [-0.15, -0.1) is 0 Å². The third-order valence-corrected chi connectivity index (χ3v) is 3.77. The molecule has 1 saturated heterocycles. The van der Waals surface area contributed by atoms with Crippen LogP contribution in [0.1, 0.15) is 12.5 Å². The molecular formula is C12H16F3N3S. The van der Waals surface area contributed by atoms with Gasteiger partial charge < -0.3 is 10.2 Å². The van der Waals surface area contributed by atoms with Gasteiger partial charge in [0.25, 0.3) is 0 Å². The van der Waals surface area contributed by atoms with Crippen molar-refractivity contribution in [2.75, 3.05) is 41.4 Å². The van der Waals surface area contributed by atoms with Crippen molar-refractivity contribution in [1.29, 1.82) is 0 Å². The zero-order valence-corrected chi connectivity index (χ0v) is 11.4. The van der Waals surface area contributed by atoms with Crippen LogP contribution in [0, 0.1) is 0 Å². The van der Waals surface area contributed by atoms with Crippen LogP contribution in [0.4, 0.5) is 24.8 Å². The first-order chi connectivity index (χ1) is 9.00. The Kier molecular flexibility index (Phi) is 4.44. The Balaban J connectivity index is 2.33. The Morgan fingerprint density at radius 3 is 2.58 bits per heavy atom. The number of aromatic nitrogens is 1. The lowest BCUT2D eigenvalue weighted by Crippen LogP contribution is -2.33. The minimum Gasteiger partial charge on any atom is -0.370 e. The van der Waals surface area contributed by atoms with Gasteiger partial charge in [0.1, 0.15) is 11.6 Å². The van der Waals surface area contributed by atoms with Crippen molar-refractivity contribution in [3.8, 4) is 0 Å². The van der Waals surface area contributed by atoms with E-state index >= 15 is 0 Å². The maximum absolute atomic E-state index is 12.9. The van der Waals surface area contributed by atoms with Gasteiger partial charge in [-0.1, -0.05) is 0 Å². The van der Waals surface area contributed by atoms with Gasteiger partial charge in [0, 0.05) is 31.1 Å². The summed E-state index contributed by atoms with van der Waals surface area (Å²) in [4.78, 5) is 6.18. The molecule has 1 aromatic rings. The Bertz CT molecular complexity index is 431. The number of alkyl halides is 3. The SMILES string of the molecule is CCNc1cc(C(F)(F)F)cc(N2CCSCC2)n1. The number of nitrogens with zero attached hydrogens (tertiary/aromatic N) is 2. The van der Waals surface area contributed by atoms with E-state index in [0.29, 0.717) is 12.4 Å². The maximum Gasteiger partial charge on any atom is 0.416 e. The highest BCUT2D eigenvalue weighted by Gasteiger charge is 2.32. The Morgan fingerprint density at radius 2 is 2.00 bits per heavy atom. The molecule has 2 rings (SSSR count). The van der Waals surface area contributed by atoms with Crippen molar-refractivity contribution in [2.45, 2.75) is 13.1 Å². The van der Waals surface area contributed by atoms with Crippen LogP contribution in [0.15, 0.2) is 12.1 Å². The molecule has 1 fully saturated rings. The van der Waals surface area contributed by atoms with E-state index in [-0.39, 0.29) is 5.82 Å². The molecule has 1 N–H and O–H groups in total. The predicted molar refractivity (Wildman–Crippen MR) is 72.9 cm³/mol. The van der Waals surface area contributed by atoms with Crippen molar-refractivity contribution in [3.05, 3.63) is 17.7 Å². The van der Waals surface area contributed by atoms with Crippen molar-refractivity contribution in [1.82, 2.24) is 4.98 Å². The highest BCUT2D eigenvalue weighted by molar-refractivity contribution is 7.99. The summed E-state index contributed by atoms with van der Waals surface area (Å²) in [7, 11) is 0. The third-order valence-electron chi connectivity index (χ3n) is 2.83. The minimum atomic E-state index is -4.34. The van der Waals surface area contributed by atoms with E-state index in [1.54, 1.807) is 0 Å². The number of rotatable bonds is 3. The highest BCUT2D eigenvalue weighted by Crippen LogP contribution is 2.33. The molecule has 0 bridgehead atoms. The minimum absolute atomic E-state index is 0.283. The Hall–Kier alpha value is -1.11. The molecule has 1 aromatic heterocycles. The maximum atomic E-state index is 12.9. The topological polar surface area (TPSA) is 28.2 Å². The Morgan fingerprint density at radius 1 is 1.32 bits per heavy atom. The standard InChI is InChI=1S/C12H16F3N3S/c1-2-16-10-7-9(12(13,14)15)8-11(17-10)18-3-5-19-6-4-18/h7-8H,2-6H2,1H3,(H,16,17). The first kappa shape index (κ1) is 14.3. The molecular weight excluding hydrogens is 275 g/mol. The van der Waals surface area contributed by atoms with Crippen LogP contribution in [-0.4, -0.2) is 36.1 Å². The summed E-state index contributed by atoms with van der Waals surface area (Å²) in [6, 6.07) is 2.20. The van der Waals surface area contributed by atoms with Crippen LogP contribution in [0.25, 0.3) is 0 Å². The molecule has 0 aliphatic carbocycles. The first-order valence-electron chi connectivity index (χ1n) is 6.16. The number of pyridine rings is 1. The van der Waals surface area contributed by atoms with Crippen molar-refractivity contribution < 1.29 is 13.2 Å². The second-order valence-corrected chi connectivity index (χ2v) is 5.45. The second kappa shape index (κ2) is 5.90. The second-order valence-electron chi connectivity index (χ2n) is 4.23. The summed E-state index contributed by atoms with van der Waals surface area (Å²) in [5, 5.41) is 2.86. The lowest BCUT2D eigenvalue weighted by Gasteiger charge is -2.28. The molecule has 0 saturated carbocycles. The van der Waals surface area contributed by atoms with E-state index in [1.807, 2.05) is 23.6 Å². The molecule has 0 amide bonds. The lowest BCUT2D eigenvalue weighted by atomic mass is 10.2. The molecule has 0 radical (unpaired) electrons. The smallest absolute Gasteiger partial charge is 0.370 e. The quantitative estimate of drug-likeness (QED) is 0.926. The first-order valence-corrected chi connectivity index (χ1v) is 7.32. The van der Waals surface area contributed by atoms with Gasteiger partial charge in [-0.25, -0.2) is 4.98 Å². The van der Waals surface area contributed by atoms with Crippen LogP contribution < -0.4 is 10.2 Å². The molecule has 1 aliphatic heterocycles. The fraction of sp³-hybridized carbons (Fsp3) is 0.583. The number of halogens is 3. The molecule has 7 heteroatoms. The number of anilines is 2. The summed E-state index contributed by atoms with van der Waals surface area (Å²) in [5.41, 5.74) is -0.647. The van der Waals surface area contributed by atoms with Crippen LogP contribution in [0.3, 0.4) is 0 Å². The third kappa shape index (κ3) is 3.68. The average molecular weight is 291 g/mol. The molecule has 0 spiro atoms. The van der Waals surface area contributed by atoms with Gasteiger partial charge in [-0.05, 0) is 19.1 Å². The summed E-state index contributed by atoms with van der Waals surface area (Å²) in [5.74, 6) is 2.54. The molecule has 0 aromatic carbocycles. The molecule has 106 valence electrons. The molecule has 19 heavy (non-hydrogen) atoms. The van der Waals surface area contributed by atoms with Crippen LogP contribution in [-0.2, 0) is 6.18 Å². The monoisotopic (exact) mass is 291 g/mol. The number of hydrogen-bond donors (Lipinski definition) is 1. The van der Waals surface area contributed by atoms with Gasteiger partial charge in [-0.3, -0.25) is 0 Å². The van der Waals surface area contributed by atoms with Gasteiger partial charge in [-0.2, -0.15) is 24.9 Å². The molecule has 3 nitrogen and oxygen atoms in total. The lowest BCUT2D eigenvalue weighted by molar-refractivity contribution is -0.137. The predicted octanol–water partition coefficient (Wildman–Crippen LogP) is 3.09. The van der Waals surface area contributed by atoms with Crippen molar-refractivity contribution in [3.63, 3.8) is 0 Å². The van der Waals surface area contributed by atoms with Gasteiger partial charge in [0.15, 0.2) is 0 Å². The summed E-state index contributed by atoms with van der Waals surface area (Å²) in [6.45, 7) is 3.86. The average Bonchev–Trinajstić information content (AvgIpc) is 2.39. The number of hydrogen-bond acceptors (Lipinski definition) is 4. The normalized spacial score (nSPS) is 16.5. The van der Waals surface area contributed by atoms with E-state index in [1.165, 1.54) is 0 Å². The molecule has 1 aliphatic rings. The van der Waals surface area contributed by atoms with E-state index < -0.39 is 11.7 Å². The Labute approximate surface area is 114 Å². The molecule has 2 heterocycles. The van der Waals surface area contributed by atoms with Crippen LogP contribution in [0.2, 0.25) is 0 Å². The summed E-state index contributed by atoms with van der Waals surface area (Å²) >= 11 is 1.81. The fourth-order valence-electron chi connectivity index (χ4n) is 1.91. The largest absolute Gasteiger partial charge is 0.416 e. The van der Waals surface area contributed by atoms with Gasteiger partial charge >= 0.3 is 6.18 Å². The van der Waals surface area contributed by atoms with Gasteiger partial charge in [0.2, 0.25) is 0 Å². The molecule has 0 atom stereocenters. The van der Waals surface area contributed by atoms with Crippen molar-refractivity contribution in [2.24, 2.45) is 0 Å². The zero-order chi connectivity index (χ0) is 13.9. The highest BCUT2D eigenvalue weighted by atomic mass is 32.2. The van der Waals surface area contributed by atoms with E-state index in [0.717, 1.165) is 36.7 Å². The summed E-state index contributed by atoms with van der Waals surface area (Å²) < 4.78 is 38.6. The number of thioether (sulfide) groups is 1. The molecule has 0 unspecified atom stereocenters. The zero-order valence-electron chi connectivity index (χ0n) is 10.6. The van der Waals surface area contributed by atoms with Gasteiger partial charge in [0.05, 0.1) is 5.56 Å². The van der Waals surface area contributed by atoms with E-state index in [9.17, 15) is 13.2 Å². The van der Waals surface area contributed by atoms with Crippen molar-refractivity contribution >= 4 is 23.4 Å². The summed E-state index contributed by atoms with van der Waals surface area (Å²) in [6.07, 6.45) is -4.34. The van der Waals surface area contributed by atoms with Crippen LogP contribution >= 0.6 is 11.8 Å². The number of nitrogens with one attached hydrogen (secondary N) is 1. The fourth-order valence-corrected chi connectivity index (χ4v) is 2.81. The van der Waals surface area contributed by atoms with Crippen LogP contribution in [0.5, 0.6) is 0 Å².